The van der Waals surface area contributed by atoms with Crippen molar-refractivity contribution in [3.63, 3.8) is 0 Å². The average Bonchev–Trinajstić information content (AvgIpc) is 3.25. The molecule has 1 fully saturated rings. The van der Waals surface area contributed by atoms with Crippen LogP contribution in [0.2, 0.25) is 0 Å². The Bertz CT molecular complexity index is 800. The van der Waals surface area contributed by atoms with E-state index in [2.05, 4.69) is 9.98 Å². The molecular weight excluding hydrogens is 368 g/mol. The van der Waals surface area contributed by atoms with Gasteiger partial charge in [0.15, 0.2) is 0 Å². The average molecular weight is 392 g/mol. The highest BCUT2D eigenvalue weighted by Gasteiger charge is 2.57. The number of carbonyl (C=O) groups excluding carboxylic acids is 1. The predicted octanol–water partition coefficient (Wildman–Crippen LogP) is -1.31. The summed E-state index contributed by atoms with van der Waals surface area (Å²) in [5, 5.41) is 37.4. The van der Waals surface area contributed by atoms with E-state index in [1.807, 2.05) is 6.07 Å². The van der Waals surface area contributed by atoms with Crippen LogP contribution in [-0.4, -0.2) is 64.3 Å². The number of hydrogen-bond acceptors (Lipinski definition) is 8. The molecule has 5 atom stereocenters. The van der Waals surface area contributed by atoms with Crippen LogP contribution in [0.1, 0.15) is 25.2 Å². The highest BCUT2D eigenvalue weighted by Crippen LogP contribution is 2.39. The van der Waals surface area contributed by atoms with Gasteiger partial charge in [0.1, 0.15) is 49.2 Å². The number of amidine groups is 1. The Balaban J connectivity index is 2.20. The van der Waals surface area contributed by atoms with Gasteiger partial charge in [0.2, 0.25) is 5.60 Å². The number of nitrogens with one attached hydrogen (secondary N) is 2. The van der Waals surface area contributed by atoms with Gasteiger partial charge in [0, 0.05) is 0 Å². The van der Waals surface area contributed by atoms with Gasteiger partial charge in [-0.2, -0.15) is 5.26 Å². The molecule has 28 heavy (non-hydrogen) atoms. The molecule has 11 nitrogen and oxygen atoms in total. The third kappa shape index (κ3) is 3.90. The molecule has 2 heterocycles. The Kier molecular flexibility index (Phi) is 6.52. The molecule has 0 saturated carbocycles. The lowest BCUT2D eigenvalue weighted by Gasteiger charge is -2.23. The van der Waals surface area contributed by atoms with Crippen LogP contribution in [-0.2, 0) is 19.9 Å². The molecule has 0 aliphatic carbocycles. The minimum absolute atomic E-state index is 0.00414. The molecular formula is C17H24N6O5. The zero-order valence-electron chi connectivity index (χ0n) is 15.5. The Morgan fingerprint density at radius 1 is 1.57 bits per heavy atom. The molecule has 1 aliphatic rings. The second-order valence-corrected chi connectivity index (χ2v) is 6.77. The van der Waals surface area contributed by atoms with Crippen molar-refractivity contribution in [3.8, 4) is 6.07 Å². The number of aromatic amines is 1. The maximum atomic E-state index is 11.9. The smallest absolute Gasteiger partial charge is 0.323 e. The molecule has 0 aromatic carbocycles. The second-order valence-electron chi connectivity index (χ2n) is 6.77. The summed E-state index contributed by atoms with van der Waals surface area (Å²) in [4.78, 5) is 18.3. The third-order valence-electron chi connectivity index (χ3n) is 4.57. The fourth-order valence-corrected chi connectivity index (χ4v) is 2.76. The number of rotatable bonds is 7. The van der Waals surface area contributed by atoms with Crippen molar-refractivity contribution in [1.82, 2.24) is 4.98 Å². The van der Waals surface area contributed by atoms with Gasteiger partial charge in [-0.15, -0.1) is 0 Å². The number of esters is 1. The van der Waals surface area contributed by atoms with Crippen LogP contribution in [0.5, 0.6) is 0 Å². The first-order valence-electron chi connectivity index (χ1n) is 8.57. The Morgan fingerprint density at radius 3 is 2.82 bits per heavy atom. The molecule has 0 bridgehead atoms. The first-order valence-corrected chi connectivity index (χ1v) is 8.57. The number of aliphatic hydroxyl groups is 2. The summed E-state index contributed by atoms with van der Waals surface area (Å²) >= 11 is 0. The van der Waals surface area contributed by atoms with E-state index < -0.39 is 35.9 Å². The molecule has 1 saturated heterocycles. The fourth-order valence-electron chi connectivity index (χ4n) is 2.76. The normalized spacial score (nSPS) is 28.8. The molecule has 1 unspecified atom stereocenters. The van der Waals surface area contributed by atoms with Crippen molar-refractivity contribution in [2.24, 2.45) is 22.4 Å². The van der Waals surface area contributed by atoms with Crippen LogP contribution in [0.25, 0.3) is 0 Å². The minimum atomic E-state index is -1.93. The summed E-state index contributed by atoms with van der Waals surface area (Å²) in [6.07, 6.45) is -3.49. The number of ether oxygens (including phenoxy) is 2. The van der Waals surface area contributed by atoms with Crippen molar-refractivity contribution < 1.29 is 24.5 Å². The Morgan fingerprint density at radius 2 is 2.25 bits per heavy atom. The van der Waals surface area contributed by atoms with E-state index in [0.717, 1.165) is 6.34 Å². The molecule has 0 spiro atoms. The minimum Gasteiger partial charge on any atom is -0.462 e. The lowest BCUT2D eigenvalue weighted by molar-refractivity contribution is -0.153. The lowest BCUT2D eigenvalue weighted by atomic mass is 9.93. The number of aliphatic hydroxyl groups excluding tert-OH is 2. The highest BCUT2D eigenvalue weighted by atomic mass is 16.6. The predicted molar refractivity (Wildman–Crippen MR) is 98.3 cm³/mol. The van der Waals surface area contributed by atoms with Crippen LogP contribution in [0.15, 0.2) is 17.1 Å². The van der Waals surface area contributed by atoms with Crippen molar-refractivity contribution in [2.75, 3.05) is 6.61 Å². The largest absolute Gasteiger partial charge is 0.462 e. The van der Waals surface area contributed by atoms with Crippen LogP contribution in [0.4, 0.5) is 0 Å². The van der Waals surface area contributed by atoms with Gasteiger partial charge in [-0.3, -0.25) is 10.2 Å². The monoisotopic (exact) mass is 392 g/mol. The molecule has 0 amide bonds. The summed E-state index contributed by atoms with van der Waals surface area (Å²) < 4.78 is 10.7. The van der Waals surface area contributed by atoms with Crippen molar-refractivity contribution >= 4 is 18.1 Å². The summed E-state index contributed by atoms with van der Waals surface area (Å²) in [7, 11) is 0. The fraction of sp³-hybridized carbons (Fsp3) is 0.529. The first-order chi connectivity index (χ1) is 13.2. The Hall–Kier alpha value is -2.78. The van der Waals surface area contributed by atoms with E-state index >= 15 is 0 Å². The maximum absolute atomic E-state index is 11.9. The SMILES string of the molecule is CC(C)[C@H](N)C(=O)OCC1O[C@@](C#N)(c2ccc(C(N)=NC=N)[nH]2)[C@H](O)[C@@H]1O. The van der Waals surface area contributed by atoms with Gasteiger partial charge < -0.3 is 36.1 Å². The van der Waals surface area contributed by atoms with Gasteiger partial charge in [-0.1, -0.05) is 13.8 Å². The number of carbonyl (C=O) groups is 1. The van der Waals surface area contributed by atoms with Gasteiger partial charge in [-0.25, -0.2) is 4.99 Å². The van der Waals surface area contributed by atoms with Gasteiger partial charge >= 0.3 is 5.97 Å². The molecule has 8 N–H and O–H groups in total. The van der Waals surface area contributed by atoms with Crippen molar-refractivity contribution in [3.05, 3.63) is 23.5 Å². The number of nitrogens with two attached hydrogens (primary N) is 2. The molecule has 1 aliphatic heterocycles. The quantitative estimate of drug-likeness (QED) is 0.186. The third-order valence-corrected chi connectivity index (χ3v) is 4.57. The number of aliphatic imine (C=N–C) groups is 1. The molecule has 0 radical (unpaired) electrons. The zero-order valence-corrected chi connectivity index (χ0v) is 15.5. The zero-order chi connectivity index (χ0) is 21.1. The molecule has 1 aromatic rings. The van der Waals surface area contributed by atoms with E-state index in [1.54, 1.807) is 13.8 Å². The van der Waals surface area contributed by atoms with E-state index in [-0.39, 0.29) is 24.1 Å². The number of nitriles is 1. The number of nitrogens with zero attached hydrogens (tertiary/aromatic N) is 2. The summed E-state index contributed by atoms with van der Waals surface area (Å²) in [6, 6.07) is 3.96. The van der Waals surface area contributed by atoms with Crippen LogP contribution in [0, 0.1) is 22.7 Å². The van der Waals surface area contributed by atoms with Gasteiger partial charge in [-0.05, 0) is 18.1 Å². The van der Waals surface area contributed by atoms with E-state index in [0.29, 0.717) is 5.69 Å². The van der Waals surface area contributed by atoms with Crippen LogP contribution in [0.3, 0.4) is 0 Å². The lowest BCUT2D eigenvalue weighted by Crippen LogP contribution is -2.41. The second kappa shape index (κ2) is 8.49. The molecule has 152 valence electrons. The number of hydrogen-bond donors (Lipinski definition) is 6. The van der Waals surface area contributed by atoms with Crippen molar-refractivity contribution in [1.29, 1.82) is 10.7 Å². The maximum Gasteiger partial charge on any atom is 0.323 e. The standard InChI is InChI=1S/C17H24N6O5/c1-8(2)12(20)16(26)27-5-10-13(24)14(25)17(6-18,28-10)11-4-3-9(23-11)15(21)22-7-19/h3-4,7-8,10,12-14,23-25H,5,20H2,1-2H3,(H3,19,21,22)/t10?,12-,13+,14+,17-/m0/s1. The van der Waals surface area contributed by atoms with Gasteiger partial charge in [0.05, 0.1) is 11.4 Å². The van der Waals surface area contributed by atoms with E-state index in [1.165, 1.54) is 12.1 Å². The van der Waals surface area contributed by atoms with Gasteiger partial charge in [0.25, 0.3) is 0 Å². The molecule has 1 aromatic heterocycles. The summed E-state index contributed by atoms with van der Waals surface area (Å²) in [5.41, 5.74) is 9.90. The number of H-pyrrole nitrogens is 1. The summed E-state index contributed by atoms with van der Waals surface area (Å²) in [5.74, 6) is -0.820. The first kappa shape index (κ1) is 21.5. The number of aromatic nitrogens is 1. The highest BCUT2D eigenvalue weighted by molar-refractivity contribution is 5.99. The van der Waals surface area contributed by atoms with Crippen LogP contribution >= 0.6 is 0 Å². The van der Waals surface area contributed by atoms with E-state index in [9.17, 15) is 20.3 Å². The molecule has 11 heteroatoms. The summed E-state index contributed by atoms with van der Waals surface area (Å²) in [6.45, 7) is 3.13. The van der Waals surface area contributed by atoms with Crippen molar-refractivity contribution in [2.45, 2.75) is 43.8 Å². The molecule has 2 rings (SSSR count). The van der Waals surface area contributed by atoms with Crippen LogP contribution < -0.4 is 11.5 Å². The van der Waals surface area contributed by atoms with E-state index in [4.69, 9.17) is 26.4 Å². The Labute approximate surface area is 161 Å². The topological polar surface area (TPSA) is 204 Å².